The summed E-state index contributed by atoms with van der Waals surface area (Å²) in [7, 11) is 3.68. The molecule has 4 nitrogen and oxygen atoms in total. The zero-order chi connectivity index (χ0) is 18.4. The van der Waals surface area contributed by atoms with Crippen LogP contribution < -0.4 is 12.4 Å². The van der Waals surface area contributed by atoms with Gasteiger partial charge in [-0.05, 0) is 37.6 Å². The minimum Gasteiger partial charge on any atom is -1.00 e. The normalized spacial score (nSPS) is 17.8. The van der Waals surface area contributed by atoms with Gasteiger partial charge in [-0.3, -0.25) is 0 Å². The Hall–Kier alpha value is -1.88. The lowest BCUT2D eigenvalue weighted by atomic mass is 9.86. The molecule has 1 atom stereocenters. The Kier molecular flexibility index (Phi) is 7.84. The van der Waals surface area contributed by atoms with Crippen molar-refractivity contribution in [2.75, 3.05) is 33.9 Å². The zero-order valence-corrected chi connectivity index (χ0v) is 16.7. The summed E-state index contributed by atoms with van der Waals surface area (Å²) in [6, 6.07) is 19.1. The van der Waals surface area contributed by atoms with Crippen molar-refractivity contribution in [3.05, 3.63) is 71.8 Å². The Morgan fingerprint density at radius 2 is 1.63 bits per heavy atom. The molecule has 0 amide bonds. The summed E-state index contributed by atoms with van der Waals surface area (Å²) in [6.07, 6.45) is 2.24. The van der Waals surface area contributed by atoms with Gasteiger partial charge in [-0.2, -0.15) is 0 Å². The van der Waals surface area contributed by atoms with Crippen LogP contribution in [0.4, 0.5) is 0 Å². The number of benzene rings is 2. The molecule has 1 aliphatic heterocycles. The number of piperidine rings is 1. The average Bonchev–Trinajstić information content (AvgIpc) is 2.69. The molecule has 0 saturated carbocycles. The molecule has 0 aromatic heterocycles. The van der Waals surface area contributed by atoms with Crippen molar-refractivity contribution in [1.82, 2.24) is 4.90 Å². The van der Waals surface area contributed by atoms with E-state index >= 15 is 0 Å². The van der Waals surface area contributed by atoms with Gasteiger partial charge in [-0.1, -0.05) is 60.7 Å². The van der Waals surface area contributed by atoms with Crippen LogP contribution in [0.3, 0.4) is 0 Å². The van der Waals surface area contributed by atoms with Crippen LogP contribution in [0.15, 0.2) is 60.7 Å². The minimum atomic E-state index is -1.25. The molecular weight excluding hydrogens is 362 g/mol. The number of ether oxygens (including phenoxy) is 2. The first-order chi connectivity index (χ1) is 12.7. The quantitative estimate of drug-likeness (QED) is 0.674. The topological polar surface area (TPSA) is 38.8 Å². The largest absolute Gasteiger partial charge is 1.00 e. The van der Waals surface area contributed by atoms with Gasteiger partial charge in [0.2, 0.25) is 5.60 Å². The molecule has 0 aliphatic carbocycles. The van der Waals surface area contributed by atoms with Gasteiger partial charge in [-0.25, -0.2) is 4.79 Å². The van der Waals surface area contributed by atoms with Crippen LogP contribution in [-0.2, 0) is 19.9 Å². The maximum atomic E-state index is 13.3. The summed E-state index contributed by atoms with van der Waals surface area (Å²) in [5.74, 6) is 0.0180. The molecule has 1 unspecified atom stereocenters. The minimum absolute atomic E-state index is 0. The fourth-order valence-corrected chi connectivity index (χ4v) is 3.77. The molecule has 2 aromatic rings. The molecule has 1 heterocycles. The molecule has 0 radical (unpaired) electrons. The van der Waals surface area contributed by atoms with Crippen molar-refractivity contribution in [3.63, 3.8) is 0 Å². The molecule has 0 bridgehead atoms. The van der Waals surface area contributed by atoms with Crippen molar-refractivity contribution in [2.45, 2.75) is 18.4 Å². The second-order valence-corrected chi connectivity index (χ2v) is 6.99. The lowest BCUT2D eigenvalue weighted by Crippen LogP contribution is -3.00. The van der Waals surface area contributed by atoms with Gasteiger partial charge in [0, 0.05) is 19.6 Å². The van der Waals surface area contributed by atoms with E-state index in [0.717, 1.165) is 37.1 Å². The van der Waals surface area contributed by atoms with Crippen molar-refractivity contribution in [3.8, 4) is 0 Å². The van der Waals surface area contributed by atoms with Gasteiger partial charge in [-0.15, -0.1) is 0 Å². The van der Waals surface area contributed by atoms with Crippen molar-refractivity contribution in [1.29, 1.82) is 0 Å². The van der Waals surface area contributed by atoms with E-state index in [-0.39, 0.29) is 18.4 Å². The monoisotopic (exact) mass is 388 g/mol. The highest BCUT2D eigenvalue weighted by atomic mass is 35.5. The fraction of sp³-hybridized carbons (Fsp3) is 0.409. The SMILES string of the molecule is COC(C(=O)OCC1CCCN(C)C1)(c1ccccc1)c1ccccc1.[Cl-]. The summed E-state index contributed by atoms with van der Waals surface area (Å²) >= 11 is 0. The lowest BCUT2D eigenvalue weighted by molar-refractivity contribution is -0.167. The summed E-state index contributed by atoms with van der Waals surface area (Å²) < 4.78 is 11.7. The van der Waals surface area contributed by atoms with Gasteiger partial charge >= 0.3 is 5.97 Å². The first-order valence-corrected chi connectivity index (χ1v) is 9.19. The highest BCUT2D eigenvalue weighted by Gasteiger charge is 2.44. The van der Waals surface area contributed by atoms with Gasteiger partial charge in [0.05, 0.1) is 6.61 Å². The predicted octanol–water partition coefficient (Wildman–Crippen LogP) is 0.466. The summed E-state index contributed by atoms with van der Waals surface area (Å²) in [5, 5.41) is 0. The number of esters is 1. The highest BCUT2D eigenvalue weighted by molar-refractivity contribution is 5.85. The number of hydrogen-bond donors (Lipinski definition) is 0. The summed E-state index contributed by atoms with van der Waals surface area (Å²) in [4.78, 5) is 15.6. The molecule has 1 aliphatic rings. The standard InChI is InChI=1S/C22H27NO3.ClH/c1-23-15-9-10-18(16-23)17-26-21(24)22(25-2,19-11-5-3-6-12-19)20-13-7-4-8-14-20;/h3-8,11-14,18H,9-10,15-17H2,1-2H3;1H/p-1. The first-order valence-electron chi connectivity index (χ1n) is 9.19. The third kappa shape index (κ3) is 4.70. The maximum absolute atomic E-state index is 13.3. The molecule has 0 spiro atoms. The van der Waals surface area contributed by atoms with E-state index in [1.54, 1.807) is 7.11 Å². The second-order valence-electron chi connectivity index (χ2n) is 6.99. The van der Waals surface area contributed by atoms with E-state index in [4.69, 9.17) is 9.47 Å². The second kappa shape index (κ2) is 9.88. The third-order valence-electron chi connectivity index (χ3n) is 5.13. The summed E-state index contributed by atoms with van der Waals surface area (Å²) in [6.45, 7) is 2.50. The van der Waals surface area contributed by atoms with Gasteiger partial charge in [0.15, 0.2) is 0 Å². The number of likely N-dealkylation sites (tertiary alicyclic amines) is 1. The maximum Gasteiger partial charge on any atom is 0.347 e. The number of carbonyl (C=O) groups is 1. The van der Waals surface area contributed by atoms with Crippen LogP contribution in [-0.4, -0.2) is 44.7 Å². The number of halogens is 1. The molecule has 0 N–H and O–H groups in total. The molecule has 5 heteroatoms. The van der Waals surface area contributed by atoms with E-state index < -0.39 is 5.60 Å². The molecule has 3 rings (SSSR count). The van der Waals surface area contributed by atoms with Crippen LogP contribution in [0, 0.1) is 5.92 Å². The number of nitrogens with zero attached hydrogens (tertiary/aromatic N) is 1. The van der Waals surface area contributed by atoms with Crippen LogP contribution in [0.5, 0.6) is 0 Å². The van der Waals surface area contributed by atoms with Crippen molar-refractivity contribution >= 4 is 5.97 Å². The Morgan fingerprint density at radius 3 is 2.11 bits per heavy atom. The Morgan fingerprint density at radius 1 is 1.07 bits per heavy atom. The predicted molar refractivity (Wildman–Crippen MR) is 102 cm³/mol. The van der Waals surface area contributed by atoms with E-state index in [1.165, 1.54) is 0 Å². The van der Waals surface area contributed by atoms with Gasteiger partial charge in [0.1, 0.15) is 0 Å². The number of rotatable bonds is 6. The number of methoxy groups -OCH3 is 1. The molecular formula is C22H27ClNO3-. The van der Waals surface area contributed by atoms with Gasteiger partial charge in [0.25, 0.3) is 0 Å². The summed E-state index contributed by atoms with van der Waals surface area (Å²) in [5.41, 5.74) is 0.308. The number of hydrogen-bond acceptors (Lipinski definition) is 4. The molecule has 1 saturated heterocycles. The zero-order valence-electron chi connectivity index (χ0n) is 15.9. The molecule has 146 valence electrons. The first kappa shape index (κ1) is 21.4. The molecule has 27 heavy (non-hydrogen) atoms. The Bertz CT molecular complexity index is 669. The molecule has 1 fully saturated rings. The van der Waals surface area contributed by atoms with Crippen molar-refractivity contribution in [2.24, 2.45) is 5.92 Å². The Balaban J connectivity index is 0.00000261. The third-order valence-corrected chi connectivity index (χ3v) is 5.13. The molecule has 2 aromatic carbocycles. The van der Waals surface area contributed by atoms with Crippen LogP contribution in [0.1, 0.15) is 24.0 Å². The number of carbonyl (C=O) groups excluding carboxylic acids is 1. The highest BCUT2D eigenvalue weighted by Crippen LogP contribution is 2.35. The van der Waals surface area contributed by atoms with Crippen molar-refractivity contribution < 1.29 is 26.7 Å². The lowest BCUT2D eigenvalue weighted by Gasteiger charge is -2.33. The smallest absolute Gasteiger partial charge is 0.347 e. The van der Waals surface area contributed by atoms with E-state index in [0.29, 0.717) is 12.5 Å². The van der Waals surface area contributed by atoms with E-state index in [2.05, 4.69) is 11.9 Å². The van der Waals surface area contributed by atoms with Gasteiger partial charge < -0.3 is 26.8 Å². The van der Waals surface area contributed by atoms with Crippen LogP contribution in [0.2, 0.25) is 0 Å². The average molecular weight is 389 g/mol. The van der Waals surface area contributed by atoms with Crippen LogP contribution in [0.25, 0.3) is 0 Å². The van der Waals surface area contributed by atoms with Crippen LogP contribution >= 0.6 is 0 Å². The Labute approximate surface area is 167 Å². The fourth-order valence-electron chi connectivity index (χ4n) is 3.77. The van der Waals surface area contributed by atoms with E-state index in [1.807, 2.05) is 60.7 Å². The van der Waals surface area contributed by atoms with E-state index in [9.17, 15) is 4.79 Å².